The summed E-state index contributed by atoms with van der Waals surface area (Å²) in [4.78, 5) is 0. The number of rotatable bonds is 4. The fourth-order valence-electron chi connectivity index (χ4n) is 1.93. The molecule has 0 amide bonds. The van der Waals surface area contributed by atoms with Crippen molar-refractivity contribution in [1.29, 1.82) is 0 Å². The van der Waals surface area contributed by atoms with Gasteiger partial charge in [-0.15, -0.1) is 0 Å². The van der Waals surface area contributed by atoms with Gasteiger partial charge in [0.25, 0.3) is 0 Å². The Morgan fingerprint density at radius 2 is 1.65 bits per heavy atom. The van der Waals surface area contributed by atoms with E-state index in [2.05, 4.69) is 66.1 Å². The van der Waals surface area contributed by atoms with E-state index in [9.17, 15) is 5.11 Å². The maximum absolute atomic E-state index is 9.70. The predicted octanol–water partition coefficient (Wildman–Crippen LogP) is 5.53. The van der Waals surface area contributed by atoms with E-state index in [-0.39, 0.29) is 11.8 Å². The van der Waals surface area contributed by atoms with Crippen LogP contribution in [0.5, 0.6) is 5.75 Å². The molecule has 0 spiro atoms. The monoisotopic (exact) mass is 461 g/mol. The van der Waals surface area contributed by atoms with E-state index in [1.54, 1.807) is 0 Å². The number of phenolic OH excluding ortho intramolecular Hbond substituents is 1. The van der Waals surface area contributed by atoms with Crippen molar-refractivity contribution in [3.63, 3.8) is 0 Å². The van der Waals surface area contributed by atoms with Crippen molar-refractivity contribution in [3.8, 4) is 5.75 Å². The van der Waals surface area contributed by atoms with E-state index < -0.39 is 0 Å². The summed E-state index contributed by atoms with van der Waals surface area (Å²) >= 11 is 10.3. The SMILES string of the molecule is C[C@@H](NCc1cc(Br)c(O)c(Br)c1)c1ccccc1Br. The Balaban J connectivity index is 2.07. The first-order valence-corrected chi connectivity index (χ1v) is 8.51. The lowest BCUT2D eigenvalue weighted by molar-refractivity contribution is 0.467. The molecule has 106 valence electrons. The Kier molecular flexibility index (Phi) is 5.66. The van der Waals surface area contributed by atoms with Crippen LogP contribution in [0.3, 0.4) is 0 Å². The molecule has 0 aliphatic carbocycles. The van der Waals surface area contributed by atoms with Crippen LogP contribution in [0.15, 0.2) is 49.8 Å². The van der Waals surface area contributed by atoms with Gasteiger partial charge in [-0.05, 0) is 68.1 Å². The van der Waals surface area contributed by atoms with E-state index in [1.165, 1.54) is 5.56 Å². The molecule has 2 N–H and O–H groups in total. The van der Waals surface area contributed by atoms with Crippen LogP contribution in [0.4, 0.5) is 0 Å². The average molecular weight is 464 g/mol. The van der Waals surface area contributed by atoms with E-state index in [4.69, 9.17) is 0 Å². The highest BCUT2D eigenvalue weighted by Crippen LogP contribution is 2.33. The van der Waals surface area contributed by atoms with Crippen molar-refractivity contribution < 1.29 is 5.11 Å². The lowest BCUT2D eigenvalue weighted by Gasteiger charge is -2.16. The number of phenols is 1. The second kappa shape index (κ2) is 7.07. The first-order valence-electron chi connectivity index (χ1n) is 6.13. The quantitative estimate of drug-likeness (QED) is 0.624. The van der Waals surface area contributed by atoms with E-state index in [0.29, 0.717) is 8.95 Å². The summed E-state index contributed by atoms with van der Waals surface area (Å²) < 4.78 is 2.49. The molecule has 0 fully saturated rings. The zero-order valence-electron chi connectivity index (χ0n) is 10.8. The molecule has 0 bridgehead atoms. The van der Waals surface area contributed by atoms with E-state index >= 15 is 0 Å². The molecule has 2 aromatic rings. The number of hydrogen-bond donors (Lipinski definition) is 2. The van der Waals surface area contributed by atoms with Crippen LogP contribution in [0.1, 0.15) is 24.1 Å². The van der Waals surface area contributed by atoms with Crippen molar-refractivity contribution in [3.05, 3.63) is 60.9 Å². The smallest absolute Gasteiger partial charge is 0.143 e. The molecule has 2 nitrogen and oxygen atoms in total. The highest BCUT2D eigenvalue weighted by atomic mass is 79.9. The van der Waals surface area contributed by atoms with Crippen LogP contribution in [-0.2, 0) is 6.54 Å². The Morgan fingerprint density at radius 1 is 1.05 bits per heavy atom. The van der Waals surface area contributed by atoms with E-state index in [0.717, 1.165) is 16.6 Å². The van der Waals surface area contributed by atoms with Gasteiger partial charge >= 0.3 is 0 Å². The molecule has 20 heavy (non-hydrogen) atoms. The van der Waals surface area contributed by atoms with Crippen LogP contribution < -0.4 is 5.32 Å². The zero-order chi connectivity index (χ0) is 14.7. The molecule has 0 aliphatic heterocycles. The molecule has 0 unspecified atom stereocenters. The van der Waals surface area contributed by atoms with Gasteiger partial charge in [-0.2, -0.15) is 0 Å². The predicted molar refractivity (Wildman–Crippen MR) is 92.9 cm³/mol. The van der Waals surface area contributed by atoms with Gasteiger partial charge in [0.2, 0.25) is 0 Å². The van der Waals surface area contributed by atoms with Crippen LogP contribution in [-0.4, -0.2) is 5.11 Å². The van der Waals surface area contributed by atoms with Gasteiger partial charge < -0.3 is 10.4 Å². The Hall–Kier alpha value is -0.360. The van der Waals surface area contributed by atoms with Crippen molar-refractivity contribution in [2.75, 3.05) is 0 Å². The standard InChI is InChI=1S/C15H14Br3NO/c1-9(11-4-2-3-5-12(11)16)19-8-10-6-13(17)15(20)14(18)7-10/h2-7,9,19-20H,8H2,1H3/t9-/m1/s1. The van der Waals surface area contributed by atoms with Gasteiger partial charge in [0.1, 0.15) is 5.75 Å². The number of nitrogens with one attached hydrogen (secondary N) is 1. The number of benzene rings is 2. The van der Waals surface area contributed by atoms with Crippen molar-refractivity contribution >= 4 is 47.8 Å². The third-order valence-electron chi connectivity index (χ3n) is 3.06. The van der Waals surface area contributed by atoms with Crippen LogP contribution >= 0.6 is 47.8 Å². The minimum atomic E-state index is 0.229. The van der Waals surface area contributed by atoms with Crippen molar-refractivity contribution in [1.82, 2.24) is 5.32 Å². The third kappa shape index (κ3) is 3.85. The molecule has 0 aliphatic rings. The van der Waals surface area contributed by atoms with Gasteiger partial charge in [0, 0.05) is 17.1 Å². The minimum absolute atomic E-state index is 0.229. The fraction of sp³-hybridized carbons (Fsp3) is 0.200. The van der Waals surface area contributed by atoms with Gasteiger partial charge in [-0.1, -0.05) is 34.1 Å². The summed E-state index contributed by atoms with van der Waals surface area (Å²) in [6.45, 7) is 2.85. The minimum Gasteiger partial charge on any atom is -0.506 e. The van der Waals surface area contributed by atoms with Crippen LogP contribution in [0.25, 0.3) is 0 Å². The van der Waals surface area contributed by atoms with Crippen molar-refractivity contribution in [2.45, 2.75) is 19.5 Å². The molecule has 0 aromatic heterocycles. The highest BCUT2D eigenvalue weighted by molar-refractivity contribution is 9.11. The molecule has 5 heteroatoms. The molecule has 1 atom stereocenters. The summed E-state index contributed by atoms with van der Waals surface area (Å²) in [5.74, 6) is 0.229. The Morgan fingerprint density at radius 3 is 2.25 bits per heavy atom. The third-order valence-corrected chi connectivity index (χ3v) is 4.99. The normalized spacial score (nSPS) is 12.4. The molecular formula is C15H14Br3NO. The second-order valence-corrected chi connectivity index (χ2v) is 7.10. The van der Waals surface area contributed by atoms with Gasteiger partial charge in [-0.25, -0.2) is 0 Å². The van der Waals surface area contributed by atoms with Gasteiger partial charge in [-0.3, -0.25) is 0 Å². The summed E-state index contributed by atoms with van der Waals surface area (Å²) in [5.41, 5.74) is 2.32. The molecule has 0 saturated carbocycles. The van der Waals surface area contributed by atoms with Crippen LogP contribution in [0, 0.1) is 0 Å². The summed E-state index contributed by atoms with van der Waals surface area (Å²) in [7, 11) is 0. The first-order chi connectivity index (χ1) is 9.49. The first kappa shape index (κ1) is 16.0. The van der Waals surface area contributed by atoms with E-state index in [1.807, 2.05) is 30.3 Å². The summed E-state index contributed by atoms with van der Waals surface area (Å²) in [6.07, 6.45) is 0. The lowest BCUT2D eigenvalue weighted by Crippen LogP contribution is -2.18. The van der Waals surface area contributed by atoms with Crippen LogP contribution in [0.2, 0.25) is 0 Å². The van der Waals surface area contributed by atoms with Crippen molar-refractivity contribution in [2.24, 2.45) is 0 Å². The summed E-state index contributed by atoms with van der Waals surface area (Å²) in [5, 5.41) is 13.2. The van der Waals surface area contributed by atoms with Gasteiger partial charge in [0.15, 0.2) is 0 Å². The summed E-state index contributed by atoms with van der Waals surface area (Å²) in [6, 6.07) is 12.3. The maximum atomic E-state index is 9.70. The molecule has 0 radical (unpaired) electrons. The Bertz CT molecular complexity index is 593. The maximum Gasteiger partial charge on any atom is 0.143 e. The Labute approximate surface area is 144 Å². The molecule has 2 aromatic carbocycles. The lowest BCUT2D eigenvalue weighted by atomic mass is 10.1. The molecular weight excluding hydrogens is 450 g/mol. The van der Waals surface area contributed by atoms with Gasteiger partial charge in [0.05, 0.1) is 8.95 Å². The second-order valence-electron chi connectivity index (χ2n) is 4.53. The number of halogens is 3. The molecule has 0 saturated heterocycles. The average Bonchev–Trinajstić information content (AvgIpc) is 2.42. The topological polar surface area (TPSA) is 32.3 Å². The largest absolute Gasteiger partial charge is 0.506 e. The number of hydrogen-bond acceptors (Lipinski definition) is 2. The number of aromatic hydroxyl groups is 1. The fourth-order valence-corrected chi connectivity index (χ4v) is 3.84. The molecule has 2 rings (SSSR count). The molecule has 0 heterocycles. The zero-order valence-corrected chi connectivity index (χ0v) is 15.6. The highest BCUT2D eigenvalue weighted by Gasteiger charge is 2.10.